The average molecular weight is 297 g/mol. The number of ether oxygens (including phenoxy) is 1. The number of hydrogen-bond acceptors (Lipinski definition) is 4. The van der Waals surface area contributed by atoms with E-state index in [-0.39, 0.29) is 18.4 Å². The molecular formula is C14H17ClN2O3. The number of amides is 1. The van der Waals surface area contributed by atoms with E-state index < -0.39 is 5.41 Å². The summed E-state index contributed by atoms with van der Waals surface area (Å²) in [6.07, 6.45) is 1.48. The molecule has 5 nitrogen and oxygen atoms in total. The zero-order chi connectivity index (χ0) is 14.8. The van der Waals surface area contributed by atoms with Crippen LogP contribution in [0.25, 0.3) is 0 Å². The molecule has 6 heteroatoms. The number of methoxy groups -OCH3 is 1. The number of rotatable bonds is 5. The SMILES string of the molecule is CNc1ccc(Cl)c(C(=O)NCC2(C(=O)OC)CC2)c1. The van der Waals surface area contributed by atoms with Crippen molar-refractivity contribution in [2.75, 3.05) is 26.0 Å². The van der Waals surface area contributed by atoms with Crippen LogP contribution in [-0.4, -0.2) is 32.6 Å². The molecule has 0 radical (unpaired) electrons. The van der Waals surface area contributed by atoms with Crippen LogP contribution in [0, 0.1) is 5.41 Å². The number of halogens is 1. The van der Waals surface area contributed by atoms with E-state index in [0.29, 0.717) is 10.6 Å². The van der Waals surface area contributed by atoms with Crippen molar-refractivity contribution in [2.24, 2.45) is 5.41 Å². The number of carbonyl (C=O) groups is 2. The highest BCUT2D eigenvalue weighted by Gasteiger charge is 2.51. The molecule has 0 unspecified atom stereocenters. The van der Waals surface area contributed by atoms with Gasteiger partial charge in [0.25, 0.3) is 5.91 Å². The normalized spacial score (nSPS) is 15.3. The minimum absolute atomic E-state index is 0.270. The standard InChI is InChI=1S/C14H17ClN2O3/c1-16-9-3-4-11(15)10(7-9)12(18)17-8-14(5-6-14)13(19)20-2/h3-4,7,16H,5-6,8H2,1-2H3,(H,17,18). The smallest absolute Gasteiger partial charge is 0.313 e. The van der Waals surface area contributed by atoms with Gasteiger partial charge in [-0.25, -0.2) is 0 Å². The van der Waals surface area contributed by atoms with Gasteiger partial charge < -0.3 is 15.4 Å². The summed E-state index contributed by atoms with van der Waals surface area (Å²) in [6.45, 7) is 0.276. The summed E-state index contributed by atoms with van der Waals surface area (Å²) < 4.78 is 4.75. The van der Waals surface area contributed by atoms with Crippen molar-refractivity contribution in [1.29, 1.82) is 0 Å². The van der Waals surface area contributed by atoms with Gasteiger partial charge in [-0.05, 0) is 31.0 Å². The van der Waals surface area contributed by atoms with Gasteiger partial charge >= 0.3 is 5.97 Å². The summed E-state index contributed by atoms with van der Waals surface area (Å²) in [6, 6.07) is 5.13. The summed E-state index contributed by atoms with van der Waals surface area (Å²) in [5, 5.41) is 6.08. The molecule has 0 saturated heterocycles. The number of carbonyl (C=O) groups excluding carboxylic acids is 2. The van der Waals surface area contributed by atoms with Crippen molar-refractivity contribution >= 4 is 29.2 Å². The van der Waals surface area contributed by atoms with Crippen LogP contribution in [0.4, 0.5) is 5.69 Å². The predicted octanol–water partition coefficient (Wildman–Crippen LogP) is 2.06. The summed E-state index contributed by atoms with van der Waals surface area (Å²) in [5.41, 5.74) is 0.644. The molecule has 0 heterocycles. The Morgan fingerprint density at radius 1 is 1.40 bits per heavy atom. The van der Waals surface area contributed by atoms with Crippen molar-refractivity contribution in [1.82, 2.24) is 5.32 Å². The zero-order valence-electron chi connectivity index (χ0n) is 11.5. The second-order valence-electron chi connectivity index (χ2n) is 4.90. The van der Waals surface area contributed by atoms with Gasteiger partial charge in [-0.3, -0.25) is 9.59 Å². The minimum Gasteiger partial charge on any atom is -0.469 e. The van der Waals surface area contributed by atoms with Gasteiger partial charge in [0, 0.05) is 19.3 Å². The molecule has 1 aliphatic carbocycles. The maximum Gasteiger partial charge on any atom is 0.313 e. The Kier molecular flexibility index (Phi) is 4.18. The largest absolute Gasteiger partial charge is 0.469 e. The Bertz CT molecular complexity index is 541. The molecule has 1 amide bonds. The van der Waals surface area contributed by atoms with E-state index in [4.69, 9.17) is 16.3 Å². The van der Waals surface area contributed by atoms with Gasteiger partial charge in [0.15, 0.2) is 0 Å². The third kappa shape index (κ3) is 2.88. The van der Waals surface area contributed by atoms with Crippen LogP contribution < -0.4 is 10.6 Å². The fourth-order valence-corrected chi connectivity index (χ4v) is 2.22. The fourth-order valence-electron chi connectivity index (χ4n) is 2.02. The van der Waals surface area contributed by atoms with E-state index in [9.17, 15) is 9.59 Å². The zero-order valence-corrected chi connectivity index (χ0v) is 12.2. The highest BCUT2D eigenvalue weighted by molar-refractivity contribution is 6.34. The maximum atomic E-state index is 12.1. The monoisotopic (exact) mass is 296 g/mol. The molecular weight excluding hydrogens is 280 g/mol. The van der Waals surface area contributed by atoms with Crippen LogP contribution in [0.15, 0.2) is 18.2 Å². The van der Waals surface area contributed by atoms with Crippen molar-refractivity contribution < 1.29 is 14.3 Å². The van der Waals surface area contributed by atoms with Crippen LogP contribution in [0.3, 0.4) is 0 Å². The Morgan fingerprint density at radius 2 is 2.10 bits per heavy atom. The first-order valence-electron chi connectivity index (χ1n) is 6.36. The third-order valence-corrected chi connectivity index (χ3v) is 3.89. The third-order valence-electron chi connectivity index (χ3n) is 3.56. The van der Waals surface area contributed by atoms with Gasteiger partial charge in [0.2, 0.25) is 0 Å². The number of nitrogens with one attached hydrogen (secondary N) is 2. The molecule has 0 aromatic heterocycles. The summed E-state index contributed by atoms with van der Waals surface area (Å²) in [5.74, 6) is -0.560. The van der Waals surface area contributed by atoms with E-state index in [1.165, 1.54) is 7.11 Å². The minimum atomic E-state index is -0.544. The molecule has 1 fully saturated rings. The average Bonchev–Trinajstić information content (AvgIpc) is 3.25. The maximum absolute atomic E-state index is 12.1. The molecule has 2 rings (SSSR count). The lowest BCUT2D eigenvalue weighted by Crippen LogP contribution is -2.35. The molecule has 0 spiro atoms. The lowest BCUT2D eigenvalue weighted by atomic mass is 10.1. The van der Waals surface area contributed by atoms with E-state index in [0.717, 1.165) is 18.5 Å². The van der Waals surface area contributed by atoms with Crippen molar-refractivity contribution in [3.63, 3.8) is 0 Å². The number of benzene rings is 1. The molecule has 1 aromatic carbocycles. The topological polar surface area (TPSA) is 67.4 Å². The first kappa shape index (κ1) is 14.7. The molecule has 20 heavy (non-hydrogen) atoms. The van der Waals surface area contributed by atoms with Crippen LogP contribution in [0.2, 0.25) is 5.02 Å². The molecule has 108 valence electrons. The van der Waals surface area contributed by atoms with E-state index in [1.807, 2.05) is 0 Å². The first-order valence-corrected chi connectivity index (χ1v) is 6.74. The van der Waals surface area contributed by atoms with Gasteiger partial charge in [-0.15, -0.1) is 0 Å². The van der Waals surface area contributed by atoms with E-state index in [2.05, 4.69) is 10.6 Å². The van der Waals surface area contributed by atoms with Crippen molar-refractivity contribution in [3.8, 4) is 0 Å². The van der Waals surface area contributed by atoms with Gasteiger partial charge in [0.05, 0.1) is 23.1 Å². The summed E-state index contributed by atoms with van der Waals surface area (Å²) in [4.78, 5) is 23.7. The Hall–Kier alpha value is -1.75. The second kappa shape index (κ2) is 5.71. The lowest BCUT2D eigenvalue weighted by Gasteiger charge is -2.14. The molecule has 1 saturated carbocycles. The number of anilines is 1. The highest BCUT2D eigenvalue weighted by atomic mass is 35.5. The highest BCUT2D eigenvalue weighted by Crippen LogP contribution is 2.46. The van der Waals surface area contributed by atoms with Crippen LogP contribution in [0.1, 0.15) is 23.2 Å². The number of esters is 1. The van der Waals surface area contributed by atoms with Gasteiger partial charge in [0.1, 0.15) is 0 Å². The second-order valence-corrected chi connectivity index (χ2v) is 5.31. The van der Waals surface area contributed by atoms with Crippen LogP contribution in [-0.2, 0) is 9.53 Å². The molecule has 0 bridgehead atoms. The number of hydrogen-bond donors (Lipinski definition) is 2. The lowest BCUT2D eigenvalue weighted by molar-refractivity contribution is -0.146. The van der Waals surface area contributed by atoms with E-state index >= 15 is 0 Å². The Morgan fingerprint density at radius 3 is 2.65 bits per heavy atom. The first-order chi connectivity index (χ1) is 9.52. The van der Waals surface area contributed by atoms with Crippen molar-refractivity contribution in [3.05, 3.63) is 28.8 Å². The predicted molar refractivity (Wildman–Crippen MR) is 77.0 cm³/mol. The summed E-state index contributed by atoms with van der Waals surface area (Å²) >= 11 is 6.02. The quantitative estimate of drug-likeness (QED) is 0.816. The van der Waals surface area contributed by atoms with Crippen molar-refractivity contribution in [2.45, 2.75) is 12.8 Å². The van der Waals surface area contributed by atoms with Crippen LogP contribution >= 0.6 is 11.6 Å². The summed E-state index contributed by atoms with van der Waals surface area (Å²) in [7, 11) is 3.12. The van der Waals surface area contributed by atoms with E-state index in [1.54, 1.807) is 25.2 Å². The molecule has 1 aromatic rings. The van der Waals surface area contributed by atoms with Crippen LogP contribution in [0.5, 0.6) is 0 Å². The molecule has 1 aliphatic rings. The molecule has 0 aliphatic heterocycles. The van der Waals surface area contributed by atoms with Gasteiger partial charge in [-0.1, -0.05) is 11.6 Å². The molecule has 2 N–H and O–H groups in total. The molecule has 0 atom stereocenters. The van der Waals surface area contributed by atoms with Gasteiger partial charge in [-0.2, -0.15) is 0 Å². The Balaban J connectivity index is 2.04. The fraction of sp³-hybridized carbons (Fsp3) is 0.429. The Labute approximate surface area is 122 Å².